The van der Waals surface area contributed by atoms with Gasteiger partial charge in [-0.1, -0.05) is 32.8 Å². The molecular weight excluding hydrogens is 410 g/mol. The molecule has 6 nitrogen and oxygen atoms in total. The van der Waals surface area contributed by atoms with Crippen molar-refractivity contribution < 1.29 is 14.3 Å². The Labute approximate surface area is 188 Å². The zero-order chi connectivity index (χ0) is 22.4. The smallest absolute Gasteiger partial charge is 0.271 e. The first-order chi connectivity index (χ1) is 14.8. The van der Waals surface area contributed by atoms with Crippen molar-refractivity contribution in [2.45, 2.75) is 78.5 Å². The Bertz CT molecular complexity index is 889. The highest BCUT2D eigenvalue weighted by Crippen LogP contribution is 2.21. The maximum absolute atomic E-state index is 12.8. The molecule has 168 valence electrons. The summed E-state index contributed by atoms with van der Waals surface area (Å²) in [6.07, 6.45) is 4.38. The fourth-order valence-corrected chi connectivity index (χ4v) is 4.68. The third kappa shape index (κ3) is 7.06. The Kier molecular flexibility index (Phi) is 8.07. The molecule has 2 amide bonds. The van der Waals surface area contributed by atoms with Crippen LogP contribution in [0.3, 0.4) is 0 Å². The number of nitrogens with one attached hydrogen (secondary N) is 2. The number of rotatable bonds is 8. The molecule has 0 saturated heterocycles. The molecule has 1 aromatic carbocycles. The third-order valence-electron chi connectivity index (χ3n) is 5.36. The van der Waals surface area contributed by atoms with Crippen molar-refractivity contribution in [3.63, 3.8) is 0 Å². The molecular formula is C24H33N3O3S. The maximum atomic E-state index is 12.8. The molecule has 0 unspecified atom stereocenters. The second-order valence-corrected chi connectivity index (χ2v) is 9.82. The minimum atomic E-state index is -0.191. The molecule has 1 heterocycles. The number of benzene rings is 1. The van der Waals surface area contributed by atoms with E-state index in [4.69, 9.17) is 4.74 Å². The van der Waals surface area contributed by atoms with Gasteiger partial charge in [-0.05, 0) is 55.9 Å². The highest BCUT2D eigenvalue weighted by atomic mass is 32.1. The summed E-state index contributed by atoms with van der Waals surface area (Å²) in [5.74, 6) is 0.987. The first kappa shape index (κ1) is 23.3. The van der Waals surface area contributed by atoms with E-state index >= 15 is 0 Å². The van der Waals surface area contributed by atoms with Gasteiger partial charge >= 0.3 is 0 Å². The summed E-state index contributed by atoms with van der Waals surface area (Å²) < 4.78 is 5.86. The lowest BCUT2D eigenvalue weighted by Gasteiger charge is -2.32. The predicted octanol–water partition coefficient (Wildman–Crippen LogP) is 4.54. The third-order valence-corrected chi connectivity index (χ3v) is 6.19. The molecule has 31 heavy (non-hydrogen) atoms. The molecule has 7 heteroatoms. The van der Waals surface area contributed by atoms with Gasteiger partial charge in [0.25, 0.3) is 5.91 Å². The van der Waals surface area contributed by atoms with Crippen LogP contribution in [0.2, 0.25) is 0 Å². The Morgan fingerprint density at radius 3 is 2.39 bits per heavy atom. The lowest BCUT2D eigenvalue weighted by Crippen LogP contribution is -2.53. The number of thiazole rings is 1. The number of hydrogen-bond acceptors (Lipinski definition) is 5. The molecule has 2 aromatic rings. The Hall–Kier alpha value is -2.41. The van der Waals surface area contributed by atoms with Gasteiger partial charge in [0.15, 0.2) is 0 Å². The topological polar surface area (TPSA) is 80.3 Å². The van der Waals surface area contributed by atoms with E-state index in [0.717, 1.165) is 47.6 Å². The summed E-state index contributed by atoms with van der Waals surface area (Å²) >= 11 is 1.42. The minimum absolute atomic E-state index is 0.0186. The van der Waals surface area contributed by atoms with Gasteiger partial charge in [0, 0.05) is 23.9 Å². The highest BCUT2D eigenvalue weighted by Gasteiger charge is 2.28. The standard InChI is InChI=1S/C24H33N3O3S/c1-15(2)9-22(28)25-19-7-5-6-8-20(19)27-24(29)21-14-31-23(26-21)13-30-18-11-16(3)10-17(4)12-18/h10-12,14-15,19-20H,5-9,13H2,1-4H3,(H,25,28)(H,27,29)/t19-,20+/m1/s1. The summed E-state index contributed by atoms with van der Waals surface area (Å²) in [7, 11) is 0. The van der Waals surface area contributed by atoms with Crippen LogP contribution < -0.4 is 15.4 Å². The van der Waals surface area contributed by atoms with Crippen LogP contribution in [0.5, 0.6) is 5.75 Å². The zero-order valence-corrected chi connectivity index (χ0v) is 19.7. The van der Waals surface area contributed by atoms with Gasteiger partial charge in [-0.15, -0.1) is 11.3 Å². The SMILES string of the molecule is Cc1cc(C)cc(OCc2nc(C(=O)N[C@H]3CCCC[C@H]3NC(=O)CC(C)C)cs2)c1. The average Bonchev–Trinajstić information content (AvgIpc) is 3.16. The van der Waals surface area contributed by atoms with Crippen LogP contribution >= 0.6 is 11.3 Å². The maximum Gasteiger partial charge on any atom is 0.271 e. The van der Waals surface area contributed by atoms with Gasteiger partial charge in [0.2, 0.25) is 5.91 Å². The molecule has 0 bridgehead atoms. The van der Waals surface area contributed by atoms with Gasteiger partial charge < -0.3 is 15.4 Å². The Morgan fingerprint density at radius 1 is 1.10 bits per heavy atom. The number of hydrogen-bond donors (Lipinski definition) is 2. The lowest BCUT2D eigenvalue weighted by molar-refractivity contribution is -0.122. The van der Waals surface area contributed by atoms with Gasteiger partial charge in [-0.3, -0.25) is 9.59 Å². The fourth-order valence-electron chi connectivity index (χ4n) is 4.00. The van der Waals surface area contributed by atoms with Crippen LogP contribution in [0.25, 0.3) is 0 Å². The number of ether oxygens (including phenoxy) is 1. The van der Waals surface area contributed by atoms with Gasteiger partial charge in [-0.2, -0.15) is 0 Å². The molecule has 2 N–H and O–H groups in total. The largest absolute Gasteiger partial charge is 0.486 e. The molecule has 0 aliphatic heterocycles. The zero-order valence-electron chi connectivity index (χ0n) is 18.9. The number of aromatic nitrogens is 1. The minimum Gasteiger partial charge on any atom is -0.486 e. The summed E-state index contributed by atoms with van der Waals surface area (Å²) in [4.78, 5) is 29.4. The molecule has 1 fully saturated rings. The predicted molar refractivity (Wildman–Crippen MR) is 123 cm³/mol. The highest BCUT2D eigenvalue weighted by molar-refractivity contribution is 7.09. The van der Waals surface area contributed by atoms with Crippen molar-refractivity contribution in [2.75, 3.05) is 0 Å². The van der Waals surface area contributed by atoms with Crippen LogP contribution in [0.1, 0.15) is 72.6 Å². The summed E-state index contributed by atoms with van der Waals surface area (Å²) in [6.45, 7) is 8.47. The molecule has 3 rings (SSSR count). The molecule has 0 radical (unpaired) electrons. The van der Waals surface area contributed by atoms with E-state index in [0.29, 0.717) is 24.6 Å². The average molecular weight is 444 g/mol. The van der Waals surface area contributed by atoms with Crippen molar-refractivity contribution in [1.82, 2.24) is 15.6 Å². The van der Waals surface area contributed by atoms with Gasteiger partial charge in [0.05, 0.1) is 0 Å². The van der Waals surface area contributed by atoms with Crippen molar-refractivity contribution in [2.24, 2.45) is 5.92 Å². The van der Waals surface area contributed by atoms with Crippen LogP contribution in [-0.4, -0.2) is 28.9 Å². The van der Waals surface area contributed by atoms with E-state index in [1.807, 2.05) is 39.8 Å². The van der Waals surface area contributed by atoms with E-state index < -0.39 is 0 Å². The number of carbonyl (C=O) groups is 2. The van der Waals surface area contributed by atoms with Gasteiger partial charge in [0.1, 0.15) is 23.1 Å². The van der Waals surface area contributed by atoms with E-state index in [2.05, 4.69) is 21.7 Å². The molecule has 1 aromatic heterocycles. The first-order valence-corrected chi connectivity index (χ1v) is 11.9. The van der Waals surface area contributed by atoms with Crippen LogP contribution in [0.4, 0.5) is 0 Å². The molecule has 0 spiro atoms. The first-order valence-electron chi connectivity index (χ1n) is 11.1. The van der Waals surface area contributed by atoms with E-state index in [1.165, 1.54) is 11.3 Å². The quantitative estimate of drug-likeness (QED) is 0.628. The van der Waals surface area contributed by atoms with Crippen molar-refractivity contribution in [3.05, 3.63) is 45.4 Å². The number of aryl methyl sites for hydroxylation is 2. The van der Waals surface area contributed by atoms with Crippen LogP contribution in [0.15, 0.2) is 23.6 Å². The van der Waals surface area contributed by atoms with Crippen molar-refractivity contribution in [3.8, 4) is 5.75 Å². The summed E-state index contributed by atoms with van der Waals surface area (Å²) in [5, 5.41) is 8.74. The molecule has 2 atom stereocenters. The van der Waals surface area contributed by atoms with Crippen LogP contribution in [0, 0.1) is 19.8 Å². The van der Waals surface area contributed by atoms with E-state index in [-0.39, 0.29) is 23.9 Å². The number of carbonyl (C=O) groups excluding carboxylic acids is 2. The van der Waals surface area contributed by atoms with Gasteiger partial charge in [-0.25, -0.2) is 4.98 Å². The van der Waals surface area contributed by atoms with Crippen molar-refractivity contribution >= 4 is 23.2 Å². The van der Waals surface area contributed by atoms with E-state index in [1.54, 1.807) is 5.38 Å². The summed E-state index contributed by atoms with van der Waals surface area (Å²) in [6, 6.07) is 6.00. The monoisotopic (exact) mass is 443 g/mol. The van der Waals surface area contributed by atoms with Crippen LogP contribution in [-0.2, 0) is 11.4 Å². The Balaban J connectivity index is 1.56. The Morgan fingerprint density at radius 2 is 1.74 bits per heavy atom. The molecule has 1 aliphatic carbocycles. The number of amides is 2. The molecule has 1 saturated carbocycles. The normalized spacial score (nSPS) is 18.6. The van der Waals surface area contributed by atoms with Crippen molar-refractivity contribution in [1.29, 1.82) is 0 Å². The summed E-state index contributed by atoms with van der Waals surface area (Å²) in [5.41, 5.74) is 2.70. The van der Waals surface area contributed by atoms with E-state index in [9.17, 15) is 9.59 Å². The second-order valence-electron chi connectivity index (χ2n) is 8.87. The lowest BCUT2D eigenvalue weighted by atomic mass is 9.90. The number of nitrogens with zero attached hydrogens (tertiary/aromatic N) is 1. The fraction of sp³-hybridized carbons (Fsp3) is 0.542. The second kappa shape index (κ2) is 10.8. The molecule has 1 aliphatic rings.